The van der Waals surface area contributed by atoms with Crippen LogP contribution in [0.2, 0.25) is 0 Å². The minimum absolute atomic E-state index is 0.140. The van der Waals surface area contributed by atoms with Crippen molar-refractivity contribution in [1.82, 2.24) is 14.6 Å². The maximum atomic E-state index is 11.6. The lowest BCUT2D eigenvalue weighted by Gasteiger charge is -2.16. The molecule has 0 aromatic carbocycles. The molecule has 0 aliphatic heterocycles. The van der Waals surface area contributed by atoms with E-state index in [2.05, 4.69) is 40.0 Å². The molecule has 0 aliphatic carbocycles. The second kappa shape index (κ2) is 9.98. The van der Waals surface area contributed by atoms with Gasteiger partial charge < -0.3 is 9.84 Å². The molecule has 0 saturated heterocycles. The van der Waals surface area contributed by atoms with Gasteiger partial charge in [0.25, 0.3) is 0 Å². The van der Waals surface area contributed by atoms with E-state index in [4.69, 9.17) is 9.84 Å². The number of hydrogen-bond donors (Lipinski definition) is 1. The van der Waals surface area contributed by atoms with Crippen LogP contribution in [0.3, 0.4) is 0 Å². The van der Waals surface area contributed by atoms with Crippen molar-refractivity contribution in [2.75, 3.05) is 6.61 Å². The van der Waals surface area contributed by atoms with E-state index >= 15 is 0 Å². The van der Waals surface area contributed by atoms with Crippen molar-refractivity contribution in [3.05, 3.63) is 52.0 Å². The molecule has 1 N–H and O–H groups in total. The SMILES string of the molecule is CCOC(=O)CCCCc1c(CO)nn2c(CC)ccc2c1-c1cncc(Br)c1. The van der Waals surface area contributed by atoms with Crippen molar-refractivity contribution in [3.8, 4) is 11.1 Å². The molecule has 7 heteroatoms. The molecule has 3 aromatic heterocycles. The maximum absolute atomic E-state index is 11.6. The highest BCUT2D eigenvalue weighted by Gasteiger charge is 2.18. The van der Waals surface area contributed by atoms with Gasteiger partial charge in [-0.15, -0.1) is 0 Å². The number of carbonyl (C=O) groups is 1. The monoisotopic (exact) mass is 459 g/mol. The smallest absolute Gasteiger partial charge is 0.305 e. The largest absolute Gasteiger partial charge is 0.466 e. The zero-order valence-corrected chi connectivity index (χ0v) is 18.4. The van der Waals surface area contributed by atoms with E-state index in [-0.39, 0.29) is 12.6 Å². The summed E-state index contributed by atoms with van der Waals surface area (Å²) >= 11 is 3.51. The standard InChI is InChI=1S/C22H26BrN3O3/c1-3-17-9-10-20-22(15-11-16(23)13-24-12-15)18(19(14-27)25-26(17)20)7-5-6-8-21(28)29-4-2/h9-13,27H,3-8,14H2,1-2H3. The van der Waals surface area contributed by atoms with Crippen LogP contribution in [0.4, 0.5) is 0 Å². The second-order valence-electron chi connectivity index (χ2n) is 6.84. The molecule has 0 bridgehead atoms. The summed E-state index contributed by atoms with van der Waals surface area (Å²) in [5.74, 6) is -0.168. The molecule has 154 valence electrons. The number of esters is 1. The van der Waals surface area contributed by atoms with Crippen molar-refractivity contribution in [1.29, 1.82) is 0 Å². The predicted octanol–water partition coefficient (Wildman–Crippen LogP) is 4.49. The Kier molecular flexibility index (Phi) is 7.39. The third-order valence-electron chi connectivity index (χ3n) is 4.93. The number of fused-ring (bicyclic) bond motifs is 1. The molecular formula is C22H26BrN3O3. The summed E-state index contributed by atoms with van der Waals surface area (Å²) in [6.45, 7) is 4.17. The zero-order valence-electron chi connectivity index (χ0n) is 16.8. The number of hydrogen-bond acceptors (Lipinski definition) is 5. The van der Waals surface area contributed by atoms with Gasteiger partial charge in [-0.05, 0) is 72.3 Å². The van der Waals surface area contributed by atoms with Crippen molar-refractivity contribution in [2.24, 2.45) is 0 Å². The minimum Gasteiger partial charge on any atom is -0.466 e. The highest BCUT2D eigenvalue weighted by molar-refractivity contribution is 9.10. The molecule has 0 atom stereocenters. The summed E-state index contributed by atoms with van der Waals surface area (Å²) in [7, 11) is 0. The number of aliphatic hydroxyl groups excluding tert-OH is 1. The first-order valence-corrected chi connectivity index (χ1v) is 10.8. The fraction of sp³-hybridized carbons (Fsp3) is 0.409. The quantitative estimate of drug-likeness (QED) is 0.376. The van der Waals surface area contributed by atoms with Gasteiger partial charge in [0.1, 0.15) is 0 Å². The van der Waals surface area contributed by atoms with Crippen LogP contribution in [-0.4, -0.2) is 32.3 Å². The first-order chi connectivity index (χ1) is 14.1. The van der Waals surface area contributed by atoms with Crippen LogP contribution in [0.5, 0.6) is 0 Å². The molecule has 6 nitrogen and oxygen atoms in total. The molecule has 0 amide bonds. The Morgan fingerprint density at radius 3 is 2.76 bits per heavy atom. The Bertz CT molecular complexity index is 1000. The summed E-state index contributed by atoms with van der Waals surface area (Å²) < 4.78 is 7.82. The summed E-state index contributed by atoms with van der Waals surface area (Å²) in [5.41, 5.74) is 5.77. The van der Waals surface area contributed by atoms with Gasteiger partial charge in [-0.2, -0.15) is 5.10 Å². The number of aryl methyl sites for hydroxylation is 1. The average Bonchev–Trinajstić information content (AvgIpc) is 3.13. The number of halogens is 1. The van der Waals surface area contributed by atoms with Gasteiger partial charge in [-0.3, -0.25) is 9.78 Å². The summed E-state index contributed by atoms with van der Waals surface area (Å²) in [4.78, 5) is 16.0. The third kappa shape index (κ3) is 4.85. The van der Waals surface area contributed by atoms with Gasteiger partial charge in [-0.25, -0.2) is 4.52 Å². The van der Waals surface area contributed by atoms with Crippen molar-refractivity contribution in [2.45, 2.75) is 52.6 Å². The molecule has 0 spiro atoms. The number of nitrogens with zero attached hydrogens (tertiary/aromatic N) is 3. The first-order valence-electron chi connectivity index (χ1n) is 9.98. The topological polar surface area (TPSA) is 76.7 Å². The zero-order chi connectivity index (χ0) is 20.8. The predicted molar refractivity (Wildman–Crippen MR) is 116 cm³/mol. The number of aromatic nitrogens is 3. The van der Waals surface area contributed by atoms with E-state index in [0.29, 0.717) is 25.1 Å². The van der Waals surface area contributed by atoms with E-state index in [1.165, 1.54) is 0 Å². The van der Waals surface area contributed by atoms with Gasteiger partial charge in [-0.1, -0.05) is 6.92 Å². The molecular weight excluding hydrogens is 434 g/mol. The Balaban J connectivity index is 2.02. The fourth-order valence-corrected chi connectivity index (χ4v) is 3.96. The molecule has 0 saturated carbocycles. The second-order valence-corrected chi connectivity index (χ2v) is 7.75. The average molecular weight is 460 g/mol. The molecule has 3 aromatic rings. The highest BCUT2D eigenvalue weighted by Crippen LogP contribution is 2.33. The van der Waals surface area contributed by atoms with Gasteiger partial charge >= 0.3 is 5.97 Å². The summed E-state index contributed by atoms with van der Waals surface area (Å²) in [6.07, 6.45) is 7.09. The minimum atomic E-state index is -0.168. The molecule has 0 fully saturated rings. The van der Waals surface area contributed by atoms with Crippen molar-refractivity contribution < 1.29 is 14.6 Å². The first kappa shape index (κ1) is 21.5. The van der Waals surface area contributed by atoms with Crippen LogP contribution in [0, 0.1) is 0 Å². The van der Waals surface area contributed by atoms with Crippen LogP contribution >= 0.6 is 15.9 Å². The Morgan fingerprint density at radius 1 is 1.24 bits per heavy atom. The molecule has 3 heterocycles. The molecule has 29 heavy (non-hydrogen) atoms. The Labute approximate surface area is 179 Å². The highest BCUT2D eigenvalue weighted by atomic mass is 79.9. The normalized spacial score (nSPS) is 11.2. The van der Waals surface area contributed by atoms with Crippen LogP contribution in [0.15, 0.2) is 35.1 Å². The summed E-state index contributed by atoms with van der Waals surface area (Å²) in [6, 6.07) is 6.18. The summed E-state index contributed by atoms with van der Waals surface area (Å²) in [5, 5.41) is 14.8. The molecule has 0 aliphatic rings. The van der Waals surface area contributed by atoms with Crippen LogP contribution < -0.4 is 0 Å². The van der Waals surface area contributed by atoms with Gasteiger partial charge in [0.2, 0.25) is 0 Å². The number of unbranched alkanes of at least 4 members (excludes halogenated alkanes) is 1. The van der Waals surface area contributed by atoms with E-state index in [1.807, 2.05) is 23.7 Å². The number of rotatable bonds is 9. The lowest BCUT2D eigenvalue weighted by molar-refractivity contribution is -0.143. The van der Waals surface area contributed by atoms with Crippen molar-refractivity contribution in [3.63, 3.8) is 0 Å². The fourth-order valence-electron chi connectivity index (χ4n) is 3.60. The van der Waals surface area contributed by atoms with Crippen LogP contribution in [-0.2, 0) is 29.0 Å². The number of aliphatic hydroxyl groups is 1. The van der Waals surface area contributed by atoms with Gasteiger partial charge in [0.15, 0.2) is 0 Å². The van der Waals surface area contributed by atoms with Crippen molar-refractivity contribution >= 4 is 27.4 Å². The number of ether oxygens (including phenoxy) is 1. The lowest BCUT2D eigenvalue weighted by atomic mass is 9.95. The van der Waals surface area contributed by atoms with Crippen LogP contribution in [0.25, 0.3) is 16.6 Å². The molecule has 0 unspecified atom stereocenters. The Morgan fingerprint density at radius 2 is 2.07 bits per heavy atom. The molecule has 0 radical (unpaired) electrons. The lowest BCUT2D eigenvalue weighted by Crippen LogP contribution is -2.09. The van der Waals surface area contributed by atoms with Gasteiger partial charge in [0, 0.05) is 40.1 Å². The van der Waals surface area contributed by atoms with E-state index in [9.17, 15) is 9.90 Å². The Hall–Kier alpha value is -2.25. The van der Waals surface area contributed by atoms with E-state index < -0.39 is 0 Å². The third-order valence-corrected chi connectivity index (χ3v) is 5.36. The molecule has 3 rings (SSSR count). The van der Waals surface area contributed by atoms with E-state index in [1.54, 1.807) is 6.20 Å². The maximum Gasteiger partial charge on any atom is 0.305 e. The van der Waals surface area contributed by atoms with Gasteiger partial charge in [0.05, 0.1) is 24.4 Å². The van der Waals surface area contributed by atoms with E-state index in [0.717, 1.165) is 51.6 Å². The number of carbonyl (C=O) groups excluding carboxylic acids is 1. The number of pyridine rings is 1. The van der Waals surface area contributed by atoms with Crippen LogP contribution in [0.1, 0.15) is 50.1 Å².